The van der Waals surface area contributed by atoms with Crippen molar-refractivity contribution in [2.45, 2.75) is 0 Å². The zero-order valence-corrected chi connectivity index (χ0v) is 30.1. The summed E-state index contributed by atoms with van der Waals surface area (Å²) in [4.78, 5) is 13.8. The Hall–Kier alpha value is -7.70. The Labute approximate surface area is 324 Å². The highest BCUT2D eigenvalue weighted by Crippen LogP contribution is 2.56. The van der Waals surface area contributed by atoms with E-state index in [9.17, 15) is 0 Å². The predicted molar refractivity (Wildman–Crippen MR) is 225 cm³/mol. The standard InChI is InChI=1S/C50H32N4O2/c1-3-11-33(12-4-1)34-17-19-36(20-18-34)54(48-16-8-10-30-52-48)38-22-24-40-42-26-27-43-49-41(25-28-44(50(42)49)56-46(40)32-38)39-23-21-37(31-45(39)55-43)53(35-13-5-2-6-14-35)47-15-7-9-29-51-47/h1-32H. The molecule has 0 aliphatic carbocycles. The average Bonchev–Trinajstić information content (AvgIpc) is 3.27. The number of hydrogen-bond acceptors (Lipinski definition) is 6. The van der Waals surface area contributed by atoms with Crippen LogP contribution >= 0.6 is 0 Å². The van der Waals surface area contributed by atoms with Gasteiger partial charge in [-0.1, -0.05) is 72.8 Å². The summed E-state index contributed by atoms with van der Waals surface area (Å²) in [5, 5.41) is 2.10. The molecule has 2 aliphatic heterocycles. The monoisotopic (exact) mass is 720 g/mol. The fourth-order valence-electron chi connectivity index (χ4n) is 8.01. The summed E-state index contributed by atoms with van der Waals surface area (Å²) < 4.78 is 13.5. The first-order valence-electron chi connectivity index (χ1n) is 18.6. The van der Waals surface area contributed by atoms with Crippen LogP contribution in [0.3, 0.4) is 0 Å². The minimum atomic E-state index is 0.789. The maximum atomic E-state index is 6.79. The molecule has 2 aromatic heterocycles. The molecule has 0 bridgehead atoms. The van der Waals surface area contributed by atoms with Gasteiger partial charge in [0.05, 0.1) is 11.4 Å². The smallest absolute Gasteiger partial charge is 0.137 e. The Kier molecular flexibility index (Phi) is 7.38. The van der Waals surface area contributed by atoms with E-state index in [4.69, 9.17) is 14.5 Å². The van der Waals surface area contributed by atoms with Crippen LogP contribution in [0.1, 0.15) is 0 Å². The van der Waals surface area contributed by atoms with Crippen molar-refractivity contribution < 1.29 is 9.47 Å². The number of rotatable bonds is 7. The molecule has 11 rings (SSSR count). The van der Waals surface area contributed by atoms with Crippen molar-refractivity contribution in [3.8, 4) is 56.4 Å². The van der Waals surface area contributed by atoms with Crippen LogP contribution in [0.15, 0.2) is 194 Å². The average molecular weight is 721 g/mol. The second-order valence-electron chi connectivity index (χ2n) is 13.8. The molecule has 0 spiro atoms. The third kappa shape index (κ3) is 5.27. The molecule has 2 aliphatic rings. The normalized spacial score (nSPS) is 11.9. The first-order valence-corrected chi connectivity index (χ1v) is 18.6. The van der Waals surface area contributed by atoms with Crippen LogP contribution in [0.4, 0.5) is 34.4 Å². The van der Waals surface area contributed by atoms with Gasteiger partial charge in [0.2, 0.25) is 0 Å². The van der Waals surface area contributed by atoms with Gasteiger partial charge in [-0.2, -0.15) is 0 Å². The van der Waals surface area contributed by atoms with Crippen LogP contribution in [-0.4, -0.2) is 9.97 Å². The van der Waals surface area contributed by atoms with Crippen molar-refractivity contribution in [1.29, 1.82) is 0 Å². The number of ether oxygens (including phenoxy) is 2. The highest BCUT2D eigenvalue weighted by atomic mass is 16.5. The molecule has 264 valence electrons. The minimum absolute atomic E-state index is 0.789. The van der Waals surface area contributed by atoms with Crippen molar-refractivity contribution >= 4 is 45.2 Å². The van der Waals surface area contributed by atoms with Gasteiger partial charge in [-0.15, -0.1) is 0 Å². The van der Waals surface area contributed by atoms with Crippen molar-refractivity contribution in [3.63, 3.8) is 0 Å². The number of pyridine rings is 2. The lowest BCUT2D eigenvalue weighted by molar-refractivity contribution is 0.480. The van der Waals surface area contributed by atoms with Crippen LogP contribution in [0.2, 0.25) is 0 Å². The molecule has 6 heteroatoms. The topological polar surface area (TPSA) is 50.7 Å². The molecule has 0 N–H and O–H groups in total. The van der Waals surface area contributed by atoms with E-state index >= 15 is 0 Å². The number of para-hydroxylation sites is 1. The van der Waals surface area contributed by atoms with E-state index in [2.05, 4.69) is 136 Å². The molecule has 6 nitrogen and oxygen atoms in total. The van der Waals surface area contributed by atoms with Gasteiger partial charge >= 0.3 is 0 Å². The lowest BCUT2D eigenvalue weighted by Crippen LogP contribution is -2.12. The second kappa shape index (κ2) is 13.0. The van der Waals surface area contributed by atoms with E-state index in [-0.39, 0.29) is 0 Å². The van der Waals surface area contributed by atoms with Crippen molar-refractivity contribution in [2.24, 2.45) is 0 Å². The first-order chi connectivity index (χ1) is 27.8. The lowest BCUT2D eigenvalue weighted by atomic mass is 9.88. The van der Waals surface area contributed by atoms with E-state index in [1.165, 1.54) is 5.56 Å². The Morgan fingerprint density at radius 3 is 1.25 bits per heavy atom. The van der Waals surface area contributed by atoms with Gasteiger partial charge in [0.1, 0.15) is 34.6 Å². The molecule has 7 aromatic carbocycles. The lowest BCUT2D eigenvalue weighted by Gasteiger charge is -2.30. The number of aromatic nitrogens is 2. The Bertz CT molecular complexity index is 2860. The number of hydrogen-bond donors (Lipinski definition) is 0. The third-order valence-corrected chi connectivity index (χ3v) is 10.6. The number of fused-ring (bicyclic) bond motifs is 4. The second-order valence-corrected chi connectivity index (χ2v) is 13.8. The molecular weight excluding hydrogens is 689 g/mol. The largest absolute Gasteiger partial charge is 0.456 e. The number of benzene rings is 7. The summed E-state index contributed by atoms with van der Waals surface area (Å²) in [5.74, 6) is 4.84. The van der Waals surface area contributed by atoms with Gasteiger partial charge in [-0.3, -0.25) is 9.80 Å². The summed E-state index contributed by atoms with van der Waals surface area (Å²) >= 11 is 0. The summed E-state index contributed by atoms with van der Waals surface area (Å²) in [6.07, 6.45) is 3.64. The van der Waals surface area contributed by atoms with E-state index in [1.54, 1.807) is 0 Å². The molecule has 4 heterocycles. The van der Waals surface area contributed by atoms with Crippen LogP contribution in [0.25, 0.3) is 44.2 Å². The first kappa shape index (κ1) is 31.8. The van der Waals surface area contributed by atoms with Gasteiger partial charge in [-0.05, 0) is 119 Å². The maximum absolute atomic E-state index is 6.79. The van der Waals surface area contributed by atoms with Crippen molar-refractivity contribution in [3.05, 3.63) is 194 Å². The Morgan fingerprint density at radius 2 is 0.750 bits per heavy atom. The SMILES string of the molecule is c1ccc(-c2ccc(N(c3ccc4c(c3)Oc3ccc5c6c(ccc-4c36)Oc3cc(N(c4ccccc4)c4ccccn4)ccc3-5)c3ccccn3)cc2)cc1. The number of nitrogens with zero attached hydrogens (tertiary/aromatic N) is 4. The van der Waals surface area contributed by atoms with E-state index < -0.39 is 0 Å². The Balaban J connectivity index is 0.981. The van der Waals surface area contributed by atoms with E-state index in [0.29, 0.717) is 0 Å². The molecule has 0 atom stereocenters. The molecule has 56 heavy (non-hydrogen) atoms. The summed E-state index contributed by atoms with van der Waals surface area (Å²) in [7, 11) is 0. The maximum Gasteiger partial charge on any atom is 0.137 e. The summed E-state index contributed by atoms with van der Waals surface area (Å²) in [5.41, 5.74) is 10.6. The number of anilines is 6. The van der Waals surface area contributed by atoms with Crippen LogP contribution in [0.5, 0.6) is 23.0 Å². The minimum Gasteiger partial charge on any atom is -0.456 e. The molecular formula is C50H32N4O2. The predicted octanol–water partition coefficient (Wildman–Crippen LogP) is 13.8. The van der Waals surface area contributed by atoms with E-state index in [1.807, 2.05) is 73.1 Å². The van der Waals surface area contributed by atoms with E-state index in [0.717, 1.165) is 96.0 Å². The molecule has 0 saturated carbocycles. The zero-order chi connectivity index (χ0) is 37.0. The van der Waals surface area contributed by atoms with Crippen molar-refractivity contribution in [2.75, 3.05) is 9.80 Å². The highest BCUT2D eigenvalue weighted by molar-refractivity contribution is 6.14. The van der Waals surface area contributed by atoms with Gasteiger partial charge < -0.3 is 9.47 Å². The van der Waals surface area contributed by atoms with Gasteiger partial charge in [-0.25, -0.2) is 9.97 Å². The van der Waals surface area contributed by atoms with Gasteiger partial charge in [0.15, 0.2) is 0 Å². The quantitative estimate of drug-likeness (QED) is 0.163. The van der Waals surface area contributed by atoms with Crippen LogP contribution in [0, 0.1) is 0 Å². The Morgan fingerprint density at radius 1 is 0.321 bits per heavy atom. The van der Waals surface area contributed by atoms with Crippen LogP contribution in [-0.2, 0) is 0 Å². The molecule has 0 saturated heterocycles. The molecule has 9 aromatic rings. The third-order valence-electron chi connectivity index (χ3n) is 10.6. The van der Waals surface area contributed by atoms with Gasteiger partial charge in [0, 0.05) is 57.8 Å². The molecule has 0 radical (unpaired) electrons. The summed E-state index contributed by atoms with van der Waals surface area (Å²) in [6.45, 7) is 0. The molecule has 0 unspecified atom stereocenters. The highest BCUT2D eigenvalue weighted by Gasteiger charge is 2.29. The summed E-state index contributed by atoms with van der Waals surface area (Å²) in [6, 6.07) is 62.6. The van der Waals surface area contributed by atoms with Crippen molar-refractivity contribution in [1.82, 2.24) is 9.97 Å². The van der Waals surface area contributed by atoms with Crippen LogP contribution < -0.4 is 19.3 Å². The fraction of sp³-hybridized carbons (Fsp3) is 0. The molecule has 0 amide bonds. The molecule has 0 fully saturated rings. The zero-order valence-electron chi connectivity index (χ0n) is 30.1. The van der Waals surface area contributed by atoms with Gasteiger partial charge in [0.25, 0.3) is 0 Å². The fourth-order valence-corrected chi connectivity index (χ4v) is 8.01.